The number of hydrogen-bond donors (Lipinski definition) is 0. The van der Waals surface area contributed by atoms with Crippen LogP contribution < -0.4 is 4.74 Å². The second-order valence-electron chi connectivity index (χ2n) is 3.01. The SMILES string of the molecule is Fc1ccc(Oc2cccc(I)c2)cc1. The summed E-state index contributed by atoms with van der Waals surface area (Å²) in [4.78, 5) is 0. The molecule has 0 radical (unpaired) electrons. The Hall–Kier alpha value is -1.10. The van der Waals surface area contributed by atoms with Gasteiger partial charge in [0.15, 0.2) is 0 Å². The van der Waals surface area contributed by atoms with E-state index in [9.17, 15) is 4.39 Å². The summed E-state index contributed by atoms with van der Waals surface area (Å²) in [7, 11) is 0. The van der Waals surface area contributed by atoms with Crippen LogP contribution >= 0.6 is 22.6 Å². The highest BCUT2D eigenvalue weighted by Gasteiger charge is 1.97. The van der Waals surface area contributed by atoms with Crippen LogP contribution in [-0.4, -0.2) is 0 Å². The summed E-state index contributed by atoms with van der Waals surface area (Å²) < 4.78 is 19.3. The average Bonchev–Trinajstić information content (AvgIpc) is 2.22. The monoisotopic (exact) mass is 314 g/mol. The zero-order valence-corrected chi connectivity index (χ0v) is 9.94. The summed E-state index contributed by atoms with van der Waals surface area (Å²) >= 11 is 2.21. The van der Waals surface area contributed by atoms with Crippen molar-refractivity contribution in [1.82, 2.24) is 0 Å². The lowest BCUT2D eigenvalue weighted by Crippen LogP contribution is -1.84. The normalized spacial score (nSPS) is 10.0. The van der Waals surface area contributed by atoms with Crippen molar-refractivity contribution in [3.05, 3.63) is 57.9 Å². The predicted octanol–water partition coefficient (Wildman–Crippen LogP) is 4.22. The van der Waals surface area contributed by atoms with Crippen LogP contribution in [0.4, 0.5) is 4.39 Å². The number of rotatable bonds is 2. The molecule has 0 aliphatic carbocycles. The first-order chi connectivity index (χ1) is 7.24. The molecule has 2 aromatic carbocycles. The standard InChI is InChI=1S/C12H8FIO/c13-9-4-6-11(7-5-9)15-12-3-1-2-10(14)8-12/h1-8H. The number of halogens is 2. The van der Waals surface area contributed by atoms with Gasteiger partial charge in [0, 0.05) is 3.57 Å². The van der Waals surface area contributed by atoms with Crippen molar-refractivity contribution in [2.75, 3.05) is 0 Å². The van der Waals surface area contributed by atoms with Crippen molar-refractivity contribution in [2.45, 2.75) is 0 Å². The molecule has 0 unspecified atom stereocenters. The summed E-state index contributed by atoms with van der Waals surface area (Å²) in [5.74, 6) is 1.14. The Labute approximate surface area is 101 Å². The molecule has 0 amide bonds. The molecule has 15 heavy (non-hydrogen) atoms. The van der Waals surface area contributed by atoms with Gasteiger partial charge in [0.25, 0.3) is 0 Å². The van der Waals surface area contributed by atoms with E-state index in [4.69, 9.17) is 4.74 Å². The molecule has 0 bridgehead atoms. The minimum Gasteiger partial charge on any atom is -0.457 e. The molecule has 0 saturated carbocycles. The summed E-state index contributed by atoms with van der Waals surface area (Å²) in [6.07, 6.45) is 0. The Morgan fingerprint density at radius 2 is 1.67 bits per heavy atom. The number of benzene rings is 2. The molecule has 0 aliphatic heterocycles. The van der Waals surface area contributed by atoms with Crippen LogP contribution in [0.2, 0.25) is 0 Å². The van der Waals surface area contributed by atoms with Crippen LogP contribution in [0.25, 0.3) is 0 Å². The van der Waals surface area contributed by atoms with Gasteiger partial charge < -0.3 is 4.74 Å². The van der Waals surface area contributed by atoms with Gasteiger partial charge in [0.2, 0.25) is 0 Å². The van der Waals surface area contributed by atoms with Crippen LogP contribution in [0.5, 0.6) is 11.5 Å². The molecule has 2 rings (SSSR count). The zero-order valence-electron chi connectivity index (χ0n) is 7.78. The molecular weight excluding hydrogens is 306 g/mol. The van der Waals surface area contributed by atoms with Gasteiger partial charge in [0.1, 0.15) is 17.3 Å². The smallest absolute Gasteiger partial charge is 0.128 e. The van der Waals surface area contributed by atoms with Crippen molar-refractivity contribution in [3.63, 3.8) is 0 Å². The lowest BCUT2D eigenvalue weighted by atomic mass is 10.3. The molecule has 2 aromatic rings. The van der Waals surface area contributed by atoms with Crippen LogP contribution in [0.3, 0.4) is 0 Å². The van der Waals surface area contributed by atoms with E-state index >= 15 is 0 Å². The minimum atomic E-state index is -0.259. The summed E-state index contributed by atoms with van der Waals surface area (Å²) in [6, 6.07) is 13.7. The number of hydrogen-bond acceptors (Lipinski definition) is 1. The van der Waals surface area contributed by atoms with E-state index in [-0.39, 0.29) is 5.82 Å². The highest BCUT2D eigenvalue weighted by molar-refractivity contribution is 14.1. The fraction of sp³-hybridized carbons (Fsp3) is 0. The molecule has 0 saturated heterocycles. The van der Waals surface area contributed by atoms with Gasteiger partial charge in [0.05, 0.1) is 0 Å². The maximum absolute atomic E-state index is 12.6. The fourth-order valence-corrected chi connectivity index (χ4v) is 1.68. The maximum Gasteiger partial charge on any atom is 0.128 e. The Balaban J connectivity index is 2.18. The molecule has 1 nitrogen and oxygen atoms in total. The molecule has 0 aliphatic rings. The molecule has 0 spiro atoms. The highest BCUT2D eigenvalue weighted by atomic mass is 127. The molecular formula is C12H8FIO. The van der Waals surface area contributed by atoms with E-state index in [1.54, 1.807) is 12.1 Å². The summed E-state index contributed by atoms with van der Waals surface area (Å²) in [6.45, 7) is 0. The minimum absolute atomic E-state index is 0.259. The van der Waals surface area contributed by atoms with Gasteiger partial charge in [-0.2, -0.15) is 0 Å². The average molecular weight is 314 g/mol. The Bertz CT molecular complexity index is 453. The molecule has 0 atom stereocenters. The van der Waals surface area contributed by atoms with E-state index < -0.39 is 0 Å². The molecule has 0 fully saturated rings. The Morgan fingerprint density at radius 3 is 2.33 bits per heavy atom. The van der Waals surface area contributed by atoms with Gasteiger partial charge in [-0.1, -0.05) is 6.07 Å². The molecule has 3 heteroatoms. The lowest BCUT2D eigenvalue weighted by molar-refractivity contribution is 0.480. The maximum atomic E-state index is 12.6. The van der Waals surface area contributed by atoms with Crippen molar-refractivity contribution in [3.8, 4) is 11.5 Å². The zero-order chi connectivity index (χ0) is 10.7. The van der Waals surface area contributed by atoms with Gasteiger partial charge in [-0.25, -0.2) is 4.39 Å². The van der Waals surface area contributed by atoms with E-state index in [0.29, 0.717) is 5.75 Å². The van der Waals surface area contributed by atoms with E-state index in [1.165, 1.54) is 12.1 Å². The quantitative estimate of drug-likeness (QED) is 0.754. The highest BCUT2D eigenvalue weighted by Crippen LogP contribution is 2.22. The molecule has 0 N–H and O–H groups in total. The first-order valence-corrected chi connectivity index (χ1v) is 5.51. The third kappa shape index (κ3) is 2.92. The predicted molar refractivity (Wildman–Crippen MR) is 65.6 cm³/mol. The van der Waals surface area contributed by atoms with Crippen molar-refractivity contribution in [1.29, 1.82) is 0 Å². The largest absolute Gasteiger partial charge is 0.457 e. The third-order valence-electron chi connectivity index (χ3n) is 1.85. The van der Waals surface area contributed by atoms with Gasteiger partial charge in [-0.15, -0.1) is 0 Å². The van der Waals surface area contributed by atoms with Crippen LogP contribution in [0, 0.1) is 9.39 Å². The lowest BCUT2D eigenvalue weighted by Gasteiger charge is -2.05. The van der Waals surface area contributed by atoms with Crippen molar-refractivity contribution >= 4 is 22.6 Å². The van der Waals surface area contributed by atoms with Crippen LogP contribution in [-0.2, 0) is 0 Å². The molecule has 76 valence electrons. The summed E-state index contributed by atoms with van der Waals surface area (Å²) in [5.41, 5.74) is 0. The Kier molecular flexibility index (Phi) is 3.20. The topological polar surface area (TPSA) is 9.23 Å². The fourth-order valence-electron chi connectivity index (χ4n) is 1.17. The Morgan fingerprint density at radius 1 is 0.933 bits per heavy atom. The van der Waals surface area contributed by atoms with Crippen LogP contribution in [0.1, 0.15) is 0 Å². The first-order valence-electron chi connectivity index (χ1n) is 4.43. The second kappa shape index (κ2) is 4.61. The van der Waals surface area contributed by atoms with Crippen LogP contribution in [0.15, 0.2) is 48.5 Å². The van der Waals surface area contributed by atoms with E-state index in [0.717, 1.165) is 9.32 Å². The second-order valence-corrected chi connectivity index (χ2v) is 4.26. The number of ether oxygens (including phenoxy) is 1. The third-order valence-corrected chi connectivity index (χ3v) is 2.52. The van der Waals surface area contributed by atoms with E-state index in [2.05, 4.69) is 22.6 Å². The first kappa shape index (κ1) is 10.4. The molecule has 0 heterocycles. The summed E-state index contributed by atoms with van der Waals surface area (Å²) in [5, 5.41) is 0. The molecule has 0 aromatic heterocycles. The van der Waals surface area contributed by atoms with Gasteiger partial charge >= 0.3 is 0 Å². The van der Waals surface area contributed by atoms with E-state index in [1.807, 2.05) is 24.3 Å². The van der Waals surface area contributed by atoms with Crippen molar-refractivity contribution in [2.24, 2.45) is 0 Å². The van der Waals surface area contributed by atoms with Gasteiger partial charge in [-0.3, -0.25) is 0 Å². The van der Waals surface area contributed by atoms with Crippen molar-refractivity contribution < 1.29 is 9.13 Å². The van der Waals surface area contributed by atoms with Gasteiger partial charge in [-0.05, 0) is 65.1 Å².